The number of hydrogen-bond donors (Lipinski definition) is 3. The lowest BCUT2D eigenvalue weighted by atomic mass is 9.91. The first kappa shape index (κ1) is 23.0. The quantitative estimate of drug-likeness (QED) is 0.503. The van der Waals surface area contributed by atoms with Crippen LogP contribution >= 0.6 is 11.6 Å². The van der Waals surface area contributed by atoms with Crippen LogP contribution in [0.25, 0.3) is 10.9 Å². The summed E-state index contributed by atoms with van der Waals surface area (Å²) in [5.41, 5.74) is 2.16. The number of aliphatic hydroxyl groups excluding tert-OH is 1. The second-order valence-electron chi connectivity index (χ2n) is 8.00. The van der Waals surface area contributed by atoms with Crippen LogP contribution in [0.3, 0.4) is 0 Å². The van der Waals surface area contributed by atoms with Crippen LogP contribution in [-0.4, -0.2) is 41.0 Å². The van der Waals surface area contributed by atoms with Gasteiger partial charge in [-0.2, -0.15) is 5.10 Å². The van der Waals surface area contributed by atoms with E-state index in [9.17, 15) is 9.59 Å². The van der Waals surface area contributed by atoms with Crippen molar-refractivity contribution in [1.29, 1.82) is 0 Å². The Morgan fingerprint density at radius 2 is 1.97 bits per heavy atom. The van der Waals surface area contributed by atoms with Crippen molar-refractivity contribution in [2.45, 2.75) is 25.8 Å². The van der Waals surface area contributed by atoms with Crippen LogP contribution in [0.15, 0.2) is 41.2 Å². The fraction of sp³-hybridized carbons (Fsp3) is 0.320. The SMILES string of the molecule is O=C(NCc1ccc(Cl)cc1)c1n[nH]c2c(C#CCO)cc(CC3CCOCC3)cc2c1=O. The molecule has 1 fully saturated rings. The highest BCUT2D eigenvalue weighted by atomic mass is 35.5. The van der Waals surface area contributed by atoms with Crippen LogP contribution in [-0.2, 0) is 17.7 Å². The van der Waals surface area contributed by atoms with Crippen LogP contribution in [0.2, 0.25) is 5.02 Å². The van der Waals surface area contributed by atoms with Crippen molar-refractivity contribution in [2.75, 3.05) is 19.8 Å². The topological polar surface area (TPSA) is 104 Å². The smallest absolute Gasteiger partial charge is 0.276 e. The molecule has 0 aliphatic carbocycles. The van der Waals surface area contributed by atoms with Crippen LogP contribution in [0.5, 0.6) is 0 Å². The third-order valence-electron chi connectivity index (χ3n) is 5.69. The minimum atomic E-state index is -0.564. The van der Waals surface area contributed by atoms with Gasteiger partial charge < -0.3 is 15.2 Å². The first-order chi connectivity index (χ1) is 16.0. The van der Waals surface area contributed by atoms with E-state index in [-0.39, 0.29) is 18.8 Å². The van der Waals surface area contributed by atoms with E-state index in [4.69, 9.17) is 21.4 Å². The second kappa shape index (κ2) is 10.6. The van der Waals surface area contributed by atoms with E-state index in [2.05, 4.69) is 27.4 Å². The number of halogens is 1. The highest BCUT2D eigenvalue weighted by molar-refractivity contribution is 6.30. The Bertz CT molecular complexity index is 1270. The van der Waals surface area contributed by atoms with Gasteiger partial charge in [0.2, 0.25) is 5.43 Å². The normalized spacial score (nSPS) is 14.0. The van der Waals surface area contributed by atoms with E-state index in [1.807, 2.05) is 12.1 Å². The van der Waals surface area contributed by atoms with Crippen molar-refractivity contribution in [3.05, 3.63) is 74.0 Å². The summed E-state index contributed by atoms with van der Waals surface area (Å²) in [7, 11) is 0. The highest BCUT2D eigenvalue weighted by Crippen LogP contribution is 2.23. The number of fused-ring (bicyclic) bond motifs is 1. The molecule has 0 spiro atoms. The maximum Gasteiger partial charge on any atom is 0.276 e. The van der Waals surface area contributed by atoms with Crippen molar-refractivity contribution < 1.29 is 14.6 Å². The van der Waals surface area contributed by atoms with E-state index in [1.165, 1.54) is 0 Å². The van der Waals surface area contributed by atoms with Crippen LogP contribution in [0.4, 0.5) is 0 Å². The number of aromatic amines is 1. The third kappa shape index (κ3) is 5.60. The van der Waals surface area contributed by atoms with Crippen molar-refractivity contribution in [2.24, 2.45) is 5.92 Å². The monoisotopic (exact) mass is 465 g/mol. The number of benzene rings is 2. The molecule has 4 rings (SSSR count). The second-order valence-corrected chi connectivity index (χ2v) is 8.43. The molecule has 1 aliphatic heterocycles. The molecule has 1 aromatic heterocycles. The zero-order chi connectivity index (χ0) is 23.2. The van der Waals surface area contributed by atoms with Gasteiger partial charge in [0.25, 0.3) is 5.91 Å². The summed E-state index contributed by atoms with van der Waals surface area (Å²) in [6, 6.07) is 10.8. The highest BCUT2D eigenvalue weighted by Gasteiger charge is 2.19. The fourth-order valence-electron chi connectivity index (χ4n) is 3.95. The summed E-state index contributed by atoms with van der Waals surface area (Å²) in [4.78, 5) is 25.9. The van der Waals surface area contributed by atoms with E-state index in [0.29, 0.717) is 27.4 Å². The maximum absolute atomic E-state index is 13.2. The van der Waals surface area contributed by atoms with Gasteiger partial charge >= 0.3 is 0 Å². The lowest BCUT2D eigenvalue weighted by molar-refractivity contribution is 0.0665. The summed E-state index contributed by atoms with van der Waals surface area (Å²) < 4.78 is 5.44. The van der Waals surface area contributed by atoms with Gasteiger partial charge in [-0.3, -0.25) is 14.7 Å². The molecule has 1 saturated heterocycles. The number of rotatable bonds is 5. The molecule has 1 aliphatic rings. The molecule has 7 nitrogen and oxygen atoms in total. The number of nitrogens with one attached hydrogen (secondary N) is 2. The number of carbonyl (C=O) groups is 1. The average Bonchev–Trinajstić information content (AvgIpc) is 2.83. The Morgan fingerprint density at radius 3 is 2.70 bits per heavy atom. The van der Waals surface area contributed by atoms with Gasteiger partial charge in [-0.05, 0) is 60.6 Å². The van der Waals surface area contributed by atoms with Gasteiger partial charge in [0.1, 0.15) is 6.61 Å². The lowest BCUT2D eigenvalue weighted by Gasteiger charge is -2.22. The van der Waals surface area contributed by atoms with Crippen LogP contribution in [0, 0.1) is 17.8 Å². The molecule has 0 bridgehead atoms. The Balaban J connectivity index is 1.65. The Hall–Kier alpha value is -3.18. The Morgan fingerprint density at radius 1 is 1.21 bits per heavy atom. The van der Waals surface area contributed by atoms with Gasteiger partial charge in [-0.1, -0.05) is 35.6 Å². The number of amides is 1. The molecule has 170 valence electrons. The molecule has 3 aromatic rings. The Labute approximate surface area is 196 Å². The minimum Gasteiger partial charge on any atom is -0.384 e. The van der Waals surface area contributed by atoms with Crippen LogP contribution in [0.1, 0.15) is 40.0 Å². The molecular formula is C25H24ClN3O4. The zero-order valence-electron chi connectivity index (χ0n) is 18.0. The molecule has 2 aromatic carbocycles. The minimum absolute atomic E-state index is 0.208. The van der Waals surface area contributed by atoms with Crippen LogP contribution < -0.4 is 10.7 Å². The third-order valence-corrected chi connectivity index (χ3v) is 5.94. The molecule has 8 heteroatoms. The first-order valence-corrected chi connectivity index (χ1v) is 11.2. The number of H-pyrrole nitrogens is 1. The summed E-state index contributed by atoms with van der Waals surface area (Å²) in [5.74, 6) is 5.42. The molecule has 1 amide bonds. The first-order valence-electron chi connectivity index (χ1n) is 10.8. The van der Waals surface area contributed by atoms with Gasteiger partial charge in [-0.15, -0.1) is 0 Å². The van der Waals surface area contributed by atoms with Gasteiger partial charge in [0.05, 0.1) is 16.5 Å². The molecule has 2 heterocycles. The molecular weight excluding hydrogens is 442 g/mol. The number of carbonyl (C=O) groups excluding carboxylic acids is 1. The molecule has 3 N–H and O–H groups in total. The summed E-state index contributed by atoms with van der Waals surface area (Å²) in [5, 5.41) is 19.7. The number of nitrogens with zero attached hydrogens (tertiary/aromatic N) is 1. The number of ether oxygens (including phenoxy) is 1. The van der Waals surface area contributed by atoms with Gasteiger partial charge in [-0.25, -0.2) is 0 Å². The Kier molecular flexibility index (Phi) is 7.40. The van der Waals surface area contributed by atoms with Crippen molar-refractivity contribution in [3.63, 3.8) is 0 Å². The fourth-order valence-corrected chi connectivity index (χ4v) is 4.07. The molecule has 0 unspecified atom stereocenters. The van der Waals surface area contributed by atoms with Gasteiger partial charge in [0.15, 0.2) is 5.69 Å². The number of aromatic nitrogens is 2. The summed E-state index contributed by atoms with van der Waals surface area (Å²) in [6.07, 6.45) is 2.70. The number of aliphatic hydroxyl groups is 1. The largest absolute Gasteiger partial charge is 0.384 e. The lowest BCUT2D eigenvalue weighted by Crippen LogP contribution is -2.30. The standard InChI is InChI=1S/C25H24ClN3O4/c26-20-5-3-17(4-6-20)15-27-25(32)23-24(31)21-14-18(12-16-7-10-33-11-8-16)13-19(2-1-9-30)22(21)28-29-23/h3-6,13-14,16,30H,7-12,15H2,(H,27,32)(H,28,31). The maximum atomic E-state index is 13.2. The molecule has 33 heavy (non-hydrogen) atoms. The summed E-state index contributed by atoms with van der Waals surface area (Å²) in [6.45, 7) is 1.41. The molecule has 0 saturated carbocycles. The predicted molar refractivity (Wildman–Crippen MR) is 126 cm³/mol. The average molecular weight is 466 g/mol. The summed E-state index contributed by atoms with van der Waals surface area (Å²) >= 11 is 5.89. The van der Waals surface area contributed by atoms with E-state index < -0.39 is 11.3 Å². The molecule has 0 radical (unpaired) electrons. The van der Waals surface area contributed by atoms with Crippen molar-refractivity contribution in [1.82, 2.24) is 15.5 Å². The van der Waals surface area contributed by atoms with Crippen molar-refractivity contribution in [3.8, 4) is 11.8 Å². The van der Waals surface area contributed by atoms with E-state index in [1.54, 1.807) is 24.3 Å². The van der Waals surface area contributed by atoms with Gasteiger partial charge in [0, 0.05) is 24.8 Å². The van der Waals surface area contributed by atoms with Crippen molar-refractivity contribution >= 4 is 28.4 Å². The van der Waals surface area contributed by atoms with E-state index in [0.717, 1.165) is 43.6 Å². The van der Waals surface area contributed by atoms with E-state index >= 15 is 0 Å². The molecule has 0 atom stereocenters. The predicted octanol–water partition coefficient (Wildman–Crippen LogP) is 2.82. The number of hydrogen-bond acceptors (Lipinski definition) is 5. The zero-order valence-corrected chi connectivity index (χ0v) is 18.7.